The van der Waals surface area contributed by atoms with Crippen LogP contribution in [0.4, 0.5) is 0 Å². The topological polar surface area (TPSA) is 102 Å². The van der Waals surface area contributed by atoms with Gasteiger partial charge in [-0.3, -0.25) is 29.0 Å². The van der Waals surface area contributed by atoms with Gasteiger partial charge in [0, 0.05) is 12.1 Å². The van der Waals surface area contributed by atoms with Crippen molar-refractivity contribution >= 4 is 23.5 Å². The molecular weight excluding hydrogens is 458 g/mol. The average Bonchev–Trinajstić information content (AvgIpc) is 3.36. The Hall–Kier alpha value is -2.00. The summed E-state index contributed by atoms with van der Waals surface area (Å²) in [7, 11) is 5.50. The second-order valence-corrected chi connectivity index (χ2v) is 12.5. The zero-order valence-corrected chi connectivity index (χ0v) is 24.1. The molecule has 2 N–H and O–H groups in total. The lowest BCUT2D eigenvalue weighted by molar-refractivity contribution is -0.155. The minimum Gasteiger partial charge on any atom is -0.350 e. The number of hydrogen-bond donors (Lipinski definition) is 2. The first kappa shape index (κ1) is 30.2. The molecule has 2 fully saturated rings. The summed E-state index contributed by atoms with van der Waals surface area (Å²) in [5.74, 6) is -1.14. The molecule has 9 nitrogen and oxygen atoms in total. The lowest BCUT2D eigenvalue weighted by Gasteiger charge is -2.41. The number of likely N-dealkylation sites (N-methyl/N-ethyl adjacent to an activating group) is 2. The van der Waals surface area contributed by atoms with Crippen molar-refractivity contribution in [2.24, 2.45) is 11.8 Å². The summed E-state index contributed by atoms with van der Waals surface area (Å²) in [5, 5.41) is 6.00. The highest BCUT2D eigenvalue weighted by Gasteiger charge is 2.57. The number of ketones is 1. The van der Waals surface area contributed by atoms with E-state index in [0.717, 1.165) is 0 Å². The second-order valence-electron chi connectivity index (χ2n) is 12.5. The molecule has 0 saturated carbocycles. The third kappa shape index (κ3) is 6.28. The van der Waals surface area contributed by atoms with Gasteiger partial charge in [0.2, 0.25) is 11.8 Å². The molecule has 2 saturated heterocycles. The van der Waals surface area contributed by atoms with Crippen LogP contribution < -0.4 is 10.6 Å². The van der Waals surface area contributed by atoms with Gasteiger partial charge in [-0.1, -0.05) is 27.7 Å². The third-order valence-corrected chi connectivity index (χ3v) is 7.46. The summed E-state index contributed by atoms with van der Waals surface area (Å²) in [6, 6.07) is -1.80. The van der Waals surface area contributed by atoms with Crippen LogP contribution >= 0.6 is 0 Å². The molecule has 0 bridgehead atoms. The molecule has 2 aliphatic heterocycles. The maximum Gasteiger partial charge on any atom is 0.251 e. The van der Waals surface area contributed by atoms with Gasteiger partial charge in [-0.05, 0) is 86.0 Å². The molecule has 2 aliphatic rings. The molecule has 2 rings (SSSR count). The number of carbonyl (C=O) groups is 4. The van der Waals surface area contributed by atoms with Crippen molar-refractivity contribution in [3.8, 4) is 0 Å². The molecule has 3 amide bonds. The van der Waals surface area contributed by atoms with Crippen LogP contribution in [0.3, 0.4) is 0 Å². The van der Waals surface area contributed by atoms with Gasteiger partial charge in [0.25, 0.3) is 5.91 Å². The predicted molar refractivity (Wildman–Crippen MR) is 141 cm³/mol. The number of rotatable bonds is 9. The zero-order valence-electron chi connectivity index (χ0n) is 24.1. The molecular formula is C27H49N5O4. The van der Waals surface area contributed by atoms with Crippen LogP contribution in [0.2, 0.25) is 0 Å². The number of carbonyl (C=O) groups excluding carboxylic acids is 4. The molecule has 0 aliphatic carbocycles. The van der Waals surface area contributed by atoms with Crippen LogP contribution in [-0.2, 0) is 19.2 Å². The fraction of sp³-hybridized carbons (Fsp3) is 0.852. The molecule has 2 heterocycles. The molecule has 0 unspecified atom stereocenters. The highest BCUT2D eigenvalue weighted by atomic mass is 16.2. The Morgan fingerprint density at radius 3 is 2.03 bits per heavy atom. The maximum atomic E-state index is 14.3. The van der Waals surface area contributed by atoms with Crippen molar-refractivity contribution in [3.63, 3.8) is 0 Å². The molecule has 206 valence electrons. The SMILES string of the molecule is CC(C)[C@H](NC(=O)[C@H](C(C)C)N(C)C)C(=O)[C@@]1(C(=O)N2CCC[C@H]2C(=O)NC(C)(C)C)CCCN1C. The van der Waals surface area contributed by atoms with E-state index in [-0.39, 0.29) is 35.3 Å². The molecule has 0 radical (unpaired) electrons. The van der Waals surface area contributed by atoms with Crippen LogP contribution in [0.1, 0.15) is 74.1 Å². The average molecular weight is 508 g/mol. The normalized spacial score (nSPS) is 24.9. The van der Waals surface area contributed by atoms with Crippen LogP contribution in [0.25, 0.3) is 0 Å². The van der Waals surface area contributed by atoms with Gasteiger partial charge in [-0.2, -0.15) is 0 Å². The van der Waals surface area contributed by atoms with Crippen molar-refractivity contribution in [3.05, 3.63) is 0 Å². The number of amides is 3. The Kier molecular flexibility index (Phi) is 9.73. The van der Waals surface area contributed by atoms with Crippen LogP contribution in [0.15, 0.2) is 0 Å². The van der Waals surface area contributed by atoms with Crippen LogP contribution in [0, 0.1) is 11.8 Å². The summed E-state index contributed by atoms with van der Waals surface area (Å²) in [6.45, 7) is 14.5. The largest absolute Gasteiger partial charge is 0.350 e. The Labute approximate surface area is 217 Å². The smallest absolute Gasteiger partial charge is 0.251 e. The van der Waals surface area contributed by atoms with Crippen LogP contribution in [-0.4, -0.2) is 102 Å². The zero-order chi connectivity index (χ0) is 27.6. The molecule has 0 aromatic carbocycles. The molecule has 4 atom stereocenters. The minimum atomic E-state index is -1.39. The number of likely N-dealkylation sites (tertiary alicyclic amines) is 2. The lowest BCUT2D eigenvalue weighted by atomic mass is 9.81. The molecule has 0 aromatic rings. The lowest BCUT2D eigenvalue weighted by Crippen LogP contribution is -2.67. The molecule has 0 spiro atoms. The quantitative estimate of drug-likeness (QED) is 0.460. The van der Waals surface area contributed by atoms with Gasteiger partial charge in [0.15, 0.2) is 11.3 Å². The van der Waals surface area contributed by atoms with Crippen molar-refractivity contribution in [1.82, 2.24) is 25.3 Å². The summed E-state index contributed by atoms with van der Waals surface area (Å²) in [6.07, 6.45) is 2.37. The minimum absolute atomic E-state index is 0.0550. The first-order valence-corrected chi connectivity index (χ1v) is 13.4. The summed E-state index contributed by atoms with van der Waals surface area (Å²) < 4.78 is 0. The van der Waals surface area contributed by atoms with E-state index in [1.165, 1.54) is 0 Å². The fourth-order valence-corrected chi connectivity index (χ4v) is 5.78. The van der Waals surface area contributed by atoms with E-state index in [0.29, 0.717) is 38.8 Å². The Morgan fingerprint density at radius 2 is 1.58 bits per heavy atom. The van der Waals surface area contributed by atoms with Crippen molar-refractivity contribution in [2.75, 3.05) is 34.2 Å². The predicted octanol–water partition coefficient (Wildman–Crippen LogP) is 1.65. The Bertz CT molecular complexity index is 827. The summed E-state index contributed by atoms with van der Waals surface area (Å²) >= 11 is 0. The summed E-state index contributed by atoms with van der Waals surface area (Å²) in [4.78, 5) is 60.2. The molecule has 9 heteroatoms. The van der Waals surface area contributed by atoms with E-state index in [9.17, 15) is 19.2 Å². The maximum absolute atomic E-state index is 14.3. The van der Waals surface area contributed by atoms with Gasteiger partial charge >= 0.3 is 0 Å². The van der Waals surface area contributed by atoms with E-state index in [1.807, 2.05) is 72.4 Å². The third-order valence-electron chi connectivity index (χ3n) is 7.46. The van der Waals surface area contributed by atoms with Crippen molar-refractivity contribution in [1.29, 1.82) is 0 Å². The van der Waals surface area contributed by atoms with E-state index in [2.05, 4.69) is 10.6 Å². The van der Waals surface area contributed by atoms with E-state index >= 15 is 0 Å². The molecule has 36 heavy (non-hydrogen) atoms. The highest BCUT2D eigenvalue weighted by molar-refractivity contribution is 6.14. The van der Waals surface area contributed by atoms with Gasteiger partial charge in [-0.25, -0.2) is 0 Å². The van der Waals surface area contributed by atoms with Gasteiger partial charge in [0.05, 0.1) is 12.1 Å². The Balaban J connectivity index is 2.41. The second kappa shape index (κ2) is 11.6. The number of nitrogens with zero attached hydrogens (tertiary/aromatic N) is 3. The summed E-state index contributed by atoms with van der Waals surface area (Å²) in [5.41, 5.74) is -1.81. The fourth-order valence-electron chi connectivity index (χ4n) is 5.78. The van der Waals surface area contributed by atoms with Crippen molar-refractivity contribution < 1.29 is 19.2 Å². The monoisotopic (exact) mass is 507 g/mol. The Morgan fingerprint density at radius 1 is 0.972 bits per heavy atom. The first-order chi connectivity index (χ1) is 16.5. The number of hydrogen-bond acceptors (Lipinski definition) is 6. The van der Waals surface area contributed by atoms with E-state index in [4.69, 9.17) is 0 Å². The van der Waals surface area contributed by atoms with Gasteiger partial charge in [0.1, 0.15) is 6.04 Å². The highest BCUT2D eigenvalue weighted by Crippen LogP contribution is 2.35. The van der Waals surface area contributed by atoms with Gasteiger partial charge in [-0.15, -0.1) is 0 Å². The standard InChI is InChI=1S/C27H49N5O4/c1-17(2)20(28-24(35)21(18(3)4)30(8)9)22(33)27(14-12-15-31(27)10)25(36)32-16-11-13-19(32)23(34)29-26(5,6)7/h17-21H,11-16H2,1-10H3,(H,28,35)(H,29,34)/t19-,20-,21-,27+/m0/s1. The number of Topliss-reactive ketones (excluding diaryl/α,β-unsaturated/α-hetero) is 1. The van der Waals surface area contributed by atoms with E-state index < -0.39 is 29.2 Å². The molecule has 0 aromatic heterocycles. The van der Waals surface area contributed by atoms with Crippen LogP contribution in [0.5, 0.6) is 0 Å². The van der Waals surface area contributed by atoms with Crippen molar-refractivity contribution in [2.45, 2.75) is 103 Å². The van der Waals surface area contributed by atoms with Gasteiger partial charge < -0.3 is 15.5 Å². The first-order valence-electron chi connectivity index (χ1n) is 13.4. The van der Waals surface area contributed by atoms with E-state index in [1.54, 1.807) is 11.9 Å². The number of nitrogens with one attached hydrogen (secondary N) is 2.